The molecule has 1 aromatic heterocycles. The van der Waals surface area contributed by atoms with Crippen LogP contribution < -0.4 is 0 Å². The van der Waals surface area contributed by atoms with E-state index in [0.29, 0.717) is 11.3 Å². The molecule has 0 saturated carbocycles. The minimum absolute atomic E-state index is 0.653. The molecule has 0 spiro atoms. The molecule has 25 heavy (non-hydrogen) atoms. The van der Waals surface area contributed by atoms with Crippen LogP contribution in [0.4, 0.5) is 13.2 Å². The fourth-order valence-corrected chi connectivity index (χ4v) is 3.01. The van der Waals surface area contributed by atoms with Gasteiger partial charge in [-0.25, -0.2) is 0 Å². The number of hydrogen-bond donors (Lipinski definition) is 0. The van der Waals surface area contributed by atoms with Crippen molar-refractivity contribution in [2.75, 3.05) is 0 Å². The molecule has 128 valence electrons. The quantitative estimate of drug-likeness (QED) is 0.528. The number of rotatable bonds is 2. The van der Waals surface area contributed by atoms with Crippen LogP contribution >= 0.6 is 0 Å². The van der Waals surface area contributed by atoms with Gasteiger partial charge in [-0.3, -0.25) is 4.98 Å². The summed E-state index contributed by atoms with van der Waals surface area (Å²) < 4.78 is 38.3. The van der Waals surface area contributed by atoms with Crippen molar-refractivity contribution in [1.82, 2.24) is 4.98 Å². The fourth-order valence-electron chi connectivity index (χ4n) is 3.01. The minimum atomic E-state index is -4.33. The molecule has 3 aromatic rings. The lowest BCUT2D eigenvalue weighted by Crippen LogP contribution is -2.04. The third kappa shape index (κ3) is 3.43. The predicted octanol–water partition coefficient (Wildman–Crippen LogP) is 6.36. The molecule has 0 unspecified atom stereocenters. The monoisotopic (exact) mass is 341 g/mol. The van der Waals surface area contributed by atoms with Gasteiger partial charge in [-0.2, -0.15) is 13.2 Å². The molecule has 0 N–H and O–H groups in total. The molecule has 0 amide bonds. The Balaban J connectivity index is 2.09. The molecule has 4 heteroatoms. The van der Waals surface area contributed by atoms with Crippen LogP contribution in [0.3, 0.4) is 0 Å². The van der Waals surface area contributed by atoms with E-state index in [-0.39, 0.29) is 0 Å². The third-order valence-corrected chi connectivity index (χ3v) is 4.34. The number of hydrogen-bond acceptors (Lipinski definition) is 1. The number of aryl methyl sites for hydroxylation is 2. The van der Waals surface area contributed by atoms with Crippen LogP contribution in [0.15, 0.2) is 54.7 Å². The summed E-state index contributed by atoms with van der Waals surface area (Å²) in [4.78, 5) is 4.46. The number of alkyl halides is 3. The second kappa shape index (κ2) is 6.36. The predicted molar refractivity (Wildman–Crippen MR) is 94.3 cm³/mol. The van der Waals surface area contributed by atoms with Gasteiger partial charge in [0.2, 0.25) is 0 Å². The van der Waals surface area contributed by atoms with Gasteiger partial charge in [0.15, 0.2) is 0 Å². The van der Waals surface area contributed by atoms with Gasteiger partial charge < -0.3 is 0 Å². The van der Waals surface area contributed by atoms with Crippen LogP contribution in [0.5, 0.6) is 0 Å². The molecule has 0 aliphatic rings. The van der Waals surface area contributed by atoms with Crippen molar-refractivity contribution >= 4 is 0 Å². The van der Waals surface area contributed by atoms with E-state index in [9.17, 15) is 13.2 Å². The Bertz CT molecular complexity index is 892. The second-order valence-corrected chi connectivity index (χ2v) is 6.23. The van der Waals surface area contributed by atoms with Gasteiger partial charge in [-0.15, -0.1) is 0 Å². The van der Waals surface area contributed by atoms with E-state index in [4.69, 9.17) is 0 Å². The van der Waals surface area contributed by atoms with Gasteiger partial charge >= 0.3 is 6.18 Å². The van der Waals surface area contributed by atoms with Gasteiger partial charge in [0, 0.05) is 11.8 Å². The molecule has 0 aliphatic heterocycles. The molecule has 0 fully saturated rings. The van der Waals surface area contributed by atoms with E-state index in [1.807, 2.05) is 32.9 Å². The Labute approximate surface area is 145 Å². The van der Waals surface area contributed by atoms with Crippen molar-refractivity contribution in [3.8, 4) is 22.4 Å². The van der Waals surface area contributed by atoms with Crippen molar-refractivity contribution in [3.05, 3.63) is 77.0 Å². The van der Waals surface area contributed by atoms with Crippen LogP contribution in [-0.2, 0) is 6.18 Å². The second-order valence-electron chi connectivity index (χ2n) is 6.23. The zero-order chi connectivity index (χ0) is 18.2. The molecule has 0 saturated heterocycles. The van der Waals surface area contributed by atoms with Gasteiger partial charge in [-0.05, 0) is 55.2 Å². The number of aromatic nitrogens is 1. The molecular weight excluding hydrogens is 323 g/mol. The van der Waals surface area contributed by atoms with Crippen molar-refractivity contribution in [2.45, 2.75) is 26.9 Å². The van der Waals surface area contributed by atoms with Crippen molar-refractivity contribution in [1.29, 1.82) is 0 Å². The molecule has 0 bridgehead atoms. The minimum Gasteiger partial charge on any atom is -0.256 e. The first-order valence-electron chi connectivity index (χ1n) is 7.98. The molecule has 1 heterocycles. The Morgan fingerprint density at radius 2 is 1.32 bits per heavy atom. The van der Waals surface area contributed by atoms with E-state index in [1.54, 1.807) is 6.20 Å². The van der Waals surface area contributed by atoms with E-state index in [1.165, 1.54) is 17.7 Å². The van der Waals surface area contributed by atoms with Gasteiger partial charge in [-0.1, -0.05) is 42.0 Å². The zero-order valence-electron chi connectivity index (χ0n) is 14.3. The molecular formula is C21H18F3N. The molecule has 3 rings (SSSR count). The maximum atomic E-state index is 12.8. The van der Waals surface area contributed by atoms with E-state index >= 15 is 0 Å². The van der Waals surface area contributed by atoms with Crippen LogP contribution in [0.25, 0.3) is 22.4 Å². The molecule has 0 atom stereocenters. The number of halogens is 3. The summed E-state index contributed by atoms with van der Waals surface area (Å²) in [6.45, 7) is 5.98. The lowest BCUT2D eigenvalue weighted by atomic mass is 9.93. The first-order chi connectivity index (χ1) is 11.8. The van der Waals surface area contributed by atoms with Crippen LogP contribution in [0.1, 0.15) is 22.3 Å². The van der Waals surface area contributed by atoms with Crippen LogP contribution in [0.2, 0.25) is 0 Å². The summed E-state index contributed by atoms with van der Waals surface area (Å²) >= 11 is 0. The average molecular weight is 341 g/mol. The van der Waals surface area contributed by atoms with Crippen LogP contribution in [-0.4, -0.2) is 4.98 Å². The summed E-state index contributed by atoms with van der Waals surface area (Å²) in [5.41, 5.74) is 6.06. The summed E-state index contributed by atoms with van der Waals surface area (Å²) in [5.74, 6) is 0. The Morgan fingerprint density at radius 3 is 1.88 bits per heavy atom. The van der Waals surface area contributed by atoms with Crippen molar-refractivity contribution < 1.29 is 13.2 Å². The van der Waals surface area contributed by atoms with Crippen molar-refractivity contribution in [3.63, 3.8) is 0 Å². The maximum absolute atomic E-state index is 12.8. The Hall–Kier alpha value is -2.62. The summed E-state index contributed by atoms with van der Waals surface area (Å²) in [7, 11) is 0. The largest absolute Gasteiger partial charge is 0.416 e. The van der Waals surface area contributed by atoms with E-state index in [2.05, 4.69) is 17.1 Å². The maximum Gasteiger partial charge on any atom is 0.416 e. The van der Waals surface area contributed by atoms with Gasteiger partial charge in [0.1, 0.15) is 0 Å². The highest BCUT2D eigenvalue weighted by molar-refractivity contribution is 5.78. The Morgan fingerprint density at radius 1 is 0.760 bits per heavy atom. The number of pyridine rings is 1. The highest BCUT2D eigenvalue weighted by Gasteiger charge is 2.30. The summed E-state index contributed by atoms with van der Waals surface area (Å²) in [6, 6.07) is 13.4. The van der Waals surface area contributed by atoms with Gasteiger partial charge in [0.25, 0.3) is 0 Å². The number of nitrogens with zero attached hydrogens (tertiary/aromatic N) is 1. The lowest BCUT2D eigenvalue weighted by Gasteiger charge is -2.15. The van der Waals surface area contributed by atoms with Crippen LogP contribution in [0, 0.1) is 20.8 Å². The summed E-state index contributed by atoms with van der Waals surface area (Å²) in [6.07, 6.45) is -2.56. The smallest absolute Gasteiger partial charge is 0.256 e. The van der Waals surface area contributed by atoms with E-state index in [0.717, 1.165) is 34.4 Å². The highest BCUT2D eigenvalue weighted by Crippen LogP contribution is 2.35. The lowest BCUT2D eigenvalue weighted by molar-refractivity contribution is -0.137. The first kappa shape index (κ1) is 17.2. The summed E-state index contributed by atoms with van der Waals surface area (Å²) in [5, 5.41) is 0. The zero-order valence-corrected chi connectivity index (χ0v) is 14.3. The standard InChI is InChI=1S/C21H18F3N/c1-13-4-6-16(7-5-13)19-14(2)12-25-20(15(19)3)17-8-10-18(11-9-17)21(22,23)24/h4-12H,1-3H3. The molecule has 0 aliphatic carbocycles. The molecule has 2 aromatic carbocycles. The van der Waals surface area contributed by atoms with Crippen molar-refractivity contribution in [2.24, 2.45) is 0 Å². The first-order valence-corrected chi connectivity index (χ1v) is 7.98. The fraction of sp³-hybridized carbons (Fsp3) is 0.190. The van der Waals surface area contributed by atoms with Gasteiger partial charge in [0.05, 0.1) is 11.3 Å². The Kier molecular flexibility index (Phi) is 4.38. The third-order valence-electron chi connectivity index (χ3n) is 4.34. The SMILES string of the molecule is Cc1ccc(-c2c(C)cnc(-c3ccc(C(F)(F)F)cc3)c2C)cc1. The van der Waals surface area contributed by atoms with E-state index < -0.39 is 11.7 Å². The topological polar surface area (TPSA) is 12.9 Å². The molecule has 0 radical (unpaired) electrons. The number of benzene rings is 2. The average Bonchev–Trinajstić information content (AvgIpc) is 2.56. The normalized spacial score (nSPS) is 11.6. The highest BCUT2D eigenvalue weighted by atomic mass is 19.4. The molecule has 1 nitrogen and oxygen atoms in total.